The molecule has 0 spiro atoms. The molecule has 0 saturated heterocycles. The minimum Gasteiger partial charge on any atom is -1.00 e. The molecule has 0 nitrogen and oxygen atoms in total. The van der Waals surface area contributed by atoms with Gasteiger partial charge in [0.2, 0.25) is 0 Å². The predicted octanol–water partition coefficient (Wildman–Crippen LogP) is 4.42. The molecule has 0 N–H and O–H groups in total. The van der Waals surface area contributed by atoms with Gasteiger partial charge in [0.25, 0.3) is 0 Å². The van der Waals surface area contributed by atoms with Crippen molar-refractivity contribution < 1.29 is 51.0 Å². The zero-order chi connectivity index (χ0) is 24.5. The van der Waals surface area contributed by atoms with Gasteiger partial charge in [-0.1, -0.05) is 121 Å². The maximum atomic E-state index is 6.61. The van der Waals surface area contributed by atoms with E-state index in [2.05, 4.69) is 92.8 Å². The van der Waals surface area contributed by atoms with Crippen LogP contribution in [0.2, 0.25) is 23.1 Å². The largest absolute Gasteiger partial charge is 3.00 e. The zero-order valence-electron chi connectivity index (χ0n) is 21.5. The first-order chi connectivity index (χ1) is 17.1. The second-order valence-corrected chi connectivity index (χ2v) is 10.8. The molecule has 0 saturated carbocycles. The van der Waals surface area contributed by atoms with Gasteiger partial charge in [0.05, 0.1) is 0 Å². The summed E-state index contributed by atoms with van der Waals surface area (Å²) < 4.78 is 0. The fourth-order valence-electron chi connectivity index (χ4n) is 5.37. The van der Waals surface area contributed by atoms with Crippen LogP contribution in [0.3, 0.4) is 0 Å². The van der Waals surface area contributed by atoms with Crippen LogP contribution < -0.4 is 24.8 Å². The molecule has 1 aliphatic carbocycles. The summed E-state index contributed by atoms with van der Waals surface area (Å²) in [4.78, 5) is 0. The molecule has 0 heterocycles. The Morgan fingerprint density at radius 3 is 2.03 bits per heavy atom. The van der Waals surface area contributed by atoms with Crippen molar-refractivity contribution in [3.05, 3.63) is 117 Å². The van der Waals surface area contributed by atoms with Gasteiger partial charge in [0.15, 0.2) is 0 Å². The van der Waals surface area contributed by atoms with E-state index in [9.17, 15) is 0 Å². The van der Waals surface area contributed by atoms with Crippen LogP contribution in [0.5, 0.6) is 0 Å². The van der Waals surface area contributed by atoms with E-state index in [1.807, 2.05) is 18.2 Å². The van der Waals surface area contributed by atoms with E-state index in [0.29, 0.717) is 10.0 Å². The number of allylic oxidation sites excluding steroid dienone is 1. The maximum Gasteiger partial charge on any atom is 3.00 e. The topological polar surface area (TPSA) is 0 Å². The summed E-state index contributed by atoms with van der Waals surface area (Å²) in [6.07, 6.45) is 3.35. The molecule has 3 radical (unpaired) electrons. The molecule has 1 aliphatic rings. The fraction of sp³-hybridized carbons (Fsp3) is 0.156. The second-order valence-electron chi connectivity index (χ2n) is 8.95. The molecular formula is C32H27Cl4SiZr. The molecule has 191 valence electrons. The third-order valence-electron chi connectivity index (χ3n) is 6.79. The average Bonchev–Trinajstić information content (AvgIpc) is 3.43. The van der Waals surface area contributed by atoms with Crippen LogP contribution in [0, 0.1) is 0 Å². The standard InChI is InChI=1S/C30H21Cl2.C2H6Si.2ClH.Zr/c1-2-18-16-26-23(12-6-13-24(26)30-27(31)14-7-15-28(30)32)29(18)22-11-5-10-21-20-9-4-3-8-19(20)17-25(21)22;1-3-2;;;/h3-17,29H,2H2,1H3;1-2H3;2*1H;/q-1;;;;+3/p-2. The van der Waals surface area contributed by atoms with Crippen molar-refractivity contribution in [3.63, 3.8) is 0 Å². The Hall–Kier alpha value is -1.25. The van der Waals surface area contributed by atoms with Gasteiger partial charge in [0, 0.05) is 31.0 Å². The van der Waals surface area contributed by atoms with Gasteiger partial charge in [-0.2, -0.15) is 0 Å². The minimum atomic E-state index is 0. The Bertz CT molecular complexity index is 1550. The minimum absolute atomic E-state index is 0. The first-order valence-corrected chi connectivity index (χ1v) is 14.8. The number of hydrogen-bond donors (Lipinski definition) is 0. The summed E-state index contributed by atoms with van der Waals surface area (Å²) >= 11 is 13.2. The summed E-state index contributed by atoms with van der Waals surface area (Å²) in [6.45, 7) is 6.55. The van der Waals surface area contributed by atoms with Gasteiger partial charge in [-0.15, -0.1) is 33.7 Å². The van der Waals surface area contributed by atoms with E-state index in [0.717, 1.165) is 27.1 Å². The smallest absolute Gasteiger partial charge is 1.00 e. The molecule has 1 atom stereocenters. The van der Waals surface area contributed by atoms with Gasteiger partial charge in [0.1, 0.15) is 0 Å². The molecule has 6 heteroatoms. The summed E-state index contributed by atoms with van der Waals surface area (Å²) in [7, 11) is 1.08. The van der Waals surface area contributed by atoms with Crippen molar-refractivity contribution in [3.8, 4) is 11.1 Å². The first-order valence-electron chi connectivity index (χ1n) is 12.0. The first kappa shape index (κ1) is 33.0. The van der Waals surface area contributed by atoms with E-state index in [1.165, 1.54) is 43.8 Å². The van der Waals surface area contributed by atoms with Crippen LogP contribution in [0.25, 0.3) is 38.7 Å². The normalized spacial score (nSPS) is 13.4. The molecule has 5 aromatic carbocycles. The Morgan fingerprint density at radius 1 is 0.763 bits per heavy atom. The van der Waals surface area contributed by atoms with Gasteiger partial charge in [-0.3, -0.25) is 0 Å². The van der Waals surface area contributed by atoms with Crippen molar-refractivity contribution in [2.45, 2.75) is 32.4 Å². The van der Waals surface area contributed by atoms with E-state index < -0.39 is 0 Å². The third kappa shape index (κ3) is 5.92. The second kappa shape index (κ2) is 14.4. The van der Waals surface area contributed by atoms with E-state index in [-0.39, 0.29) is 56.9 Å². The molecule has 1 unspecified atom stereocenters. The molecular weight excluding hydrogens is 645 g/mol. The van der Waals surface area contributed by atoms with E-state index in [4.69, 9.17) is 23.2 Å². The molecule has 5 aromatic rings. The Labute approximate surface area is 269 Å². The number of hydrogen-bond acceptors (Lipinski definition) is 0. The molecule has 38 heavy (non-hydrogen) atoms. The van der Waals surface area contributed by atoms with Crippen LogP contribution in [0.4, 0.5) is 0 Å². The van der Waals surface area contributed by atoms with E-state index >= 15 is 0 Å². The van der Waals surface area contributed by atoms with Gasteiger partial charge >= 0.3 is 26.2 Å². The van der Waals surface area contributed by atoms with Crippen molar-refractivity contribution in [1.29, 1.82) is 0 Å². The number of benzene rings is 4. The molecule has 0 aromatic heterocycles. The van der Waals surface area contributed by atoms with Crippen molar-refractivity contribution in [1.82, 2.24) is 0 Å². The quantitative estimate of drug-likeness (QED) is 0.197. The van der Waals surface area contributed by atoms with Gasteiger partial charge < -0.3 is 24.8 Å². The summed E-state index contributed by atoms with van der Waals surface area (Å²) in [6, 6.07) is 30.0. The Morgan fingerprint density at radius 2 is 1.34 bits per heavy atom. The van der Waals surface area contributed by atoms with Crippen LogP contribution in [0.1, 0.15) is 36.0 Å². The molecule has 0 aliphatic heterocycles. The molecule has 6 rings (SSSR count). The molecule has 0 bridgehead atoms. The number of fused-ring (bicyclic) bond motifs is 4. The monoisotopic (exact) mass is 669 g/mol. The summed E-state index contributed by atoms with van der Waals surface area (Å²) in [5, 5.41) is 6.66. The van der Waals surface area contributed by atoms with Crippen molar-refractivity contribution in [2.75, 3.05) is 0 Å². The fourth-order valence-corrected chi connectivity index (χ4v) is 5.97. The zero-order valence-corrected chi connectivity index (χ0v) is 27.9. The third-order valence-corrected chi connectivity index (χ3v) is 7.42. The Kier molecular flexibility index (Phi) is 12.5. The van der Waals surface area contributed by atoms with Gasteiger partial charge in [-0.05, 0) is 35.2 Å². The predicted molar refractivity (Wildman–Crippen MR) is 157 cm³/mol. The number of halogens is 4. The SMILES string of the molecule is CCC1=Cc2c(-c3c(Cl)cccc3Cl)cccc2C1c1cccc2c1[cH-]c1ccccc12.C[Si]C.[Cl-].[Cl-].[Zr+3]. The van der Waals surface area contributed by atoms with Crippen LogP contribution in [-0.4, -0.2) is 9.52 Å². The molecule has 0 fully saturated rings. The van der Waals surface area contributed by atoms with E-state index in [1.54, 1.807) is 0 Å². The van der Waals surface area contributed by atoms with Crippen molar-refractivity contribution >= 4 is 60.3 Å². The maximum absolute atomic E-state index is 6.61. The van der Waals surface area contributed by atoms with Crippen LogP contribution >= 0.6 is 23.2 Å². The van der Waals surface area contributed by atoms with Gasteiger partial charge in [-0.25, -0.2) is 0 Å². The summed E-state index contributed by atoms with van der Waals surface area (Å²) in [5.41, 5.74) is 7.37. The average molecular weight is 673 g/mol. The summed E-state index contributed by atoms with van der Waals surface area (Å²) in [5.74, 6) is 0.233. The molecule has 0 amide bonds. The van der Waals surface area contributed by atoms with Crippen LogP contribution in [0.15, 0.2) is 90.5 Å². The Balaban J connectivity index is 0.000000809. The number of rotatable bonds is 3. The van der Waals surface area contributed by atoms with Crippen molar-refractivity contribution in [2.24, 2.45) is 0 Å². The van der Waals surface area contributed by atoms with Crippen LogP contribution in [-0.2, 0) is 26.2 Å².